The van der Waals surface area contributed by atoms with Crippen molar-refractivity contribution in [1.29, 1.82) is 0 Å². The maximum absolute atomic E-state index is 9.18. The van der Waals surface area contributed by atoms with Crippen LogP contribution in [0.15, 0.2) is 0 Å². The molecule has 0 saturated heterocycles. The second-order valence-electron chi connectivity index (χ2n) is 0.530. The molecule has 0 aromatic heterocycles. The Morgan fingerprint density at radius 3 is 1.86 bits per heavy atom. The van der Waals surface area contributed by atoms with Crippen molar-refractivity contribution in [2.24, 2.45) is 0 Å². The third-order valence-corrected chi connectivity index (χ3v) is 0.387. The first-order valence-corrected chi connectivity index (χ1v) is 1.71. The Balaban J connectivity index is -0.0000000800. The summed E-state index contributed by atoms with van der Waals surface area (Å²) in [5.74, 6) is -1.33. The van der Waals surface area contributed by atoms with Gasteiger partial charge in [-0.1, -0.05) is 0 Å². The summed E-state index contributed by atoms with van der Waals surface area (Å²) in [4.78, 5) is 9.18. The minimum Gasteiger partial charge on any atom is -0.549 e. The summed E-state index contributed by atoms with van der Waals surface area (Å²) >= 11 is 3.35. The van der Waals surface area contributed by atoms with Crippen LogP contribution in [-0.2, 0) is 4.79 Å². The molecular weight excluding hydrogens is 127 g/mol. The van der Waals surface area contributed by atoms with E-state index in [1.807, 2.05) is 0 Å². The van der Waals surface area contributed by atoms with Crippen molar-refractivity contribution < 1.29 is 44.9 Å². The van der Waals surface area contributed by atoms with Crippen molar-refractivity contribution in [3.63, 3.8) is 0 Å². The summed E-state index contributed by atoms with van der Waals surface area (Å²) in [5, 5.41) is 9.18. The number of carboxylic acids is 1. The van der Waals surface area contributed by atoms with Gasteiger partial charge in [0.05, 0.1) is 5.97 Å². The minimum atomic E-state index is -1.13. The van der Waals surface area contributed by atoms with Crippen molar-refractivity contribution in [2.45, 2.75) is 0 Å². The second kappa shape index (κ2) is 9.91. The normalized spacial score (nSPS) is 5.29. The van der Waals surface area contributed by atoms with Gasteiger partial charge in [0.15, 0.2) is 0 Å². The molecule has 0 bridgehead atoms. The average Bonchev–Trinajstić information content (AvgIpc) is 1.38. The molecule has 0 heterocycles. The van der Waals surface area contributed by atoms with Crippen LogP contribution in [0.25, 0.3) is 0 Å². The van der Waals surface area contributed by atoms with Crippen molar-refractivity contribution in [2.75, 3.05) is 5.75 Å². The van der Waals surface area contributed by atoms with Crippen molar-refractivity contribution >= 4 is 18.6 Å². The van der Waals surface area contributed by atoms with Gasteiger partial charge in [0, 0.05) is 5.75 Å². The van der Waals surface area contributed by atoms with Crippen molar-refractivity contribution in [1.82, 2.24) is 0 Å². The molecule has 0 aliphatic carbocycles. The van der Waals surface area contributed by atoms with Gasteiger partial charge in [-0.25, -0.2) is 0 Å². The number of thiol groups is 1. The van der Waals surface area contributed by atoms with E-state index in [-0.39, 0.29) is 40.8 Å². The first-order chi connectivity index (χ1) is 2.27. The van der Waals surface area contributed by atoms with E-state index in [1.54, 1.807) is 0 Å². The van der Waals surface area contributed by atoms with Crippen LogP contribution < -0.4 is 34.7 Å². The van der Waals surface area contributed by atoms with E-state index in [9.17, 15) is 9.90 Å². The van der Waals surface area contributed by atoms with E-state index < -0.39 is 5.97 Å². The summed E-state index contributed by atoms with van der Waals surface area (Å²) < 4.78 is 0. The molecular formula is C2H5NaO3S. The Bertz CT molecular complexity index is 48.2. The van der Waals surface area contributed by atoms with Crippen LogP contribution in [0.3, 0.4) is 0 Å². The second-order valence-corrected chi connectivity index (χ2v) is 0.846. The minimum absolute atomic E-state index is 0. The number of aliphatic carboxylic acids is 1. The van der Waals surface area contributed by atoms with Crippen LogP contribution in [0.4, 0.5) is 0 Å². The zero-order valence-electron chi connectivity index (χ0n) is 3.97. The van der Waals surface area contributed by atoms with E-state index in [2.05, 4.69) is 12.6 Å². The van der Waals surface area contributed by atoms with E-state index >= 15 is 0 Å². The van der Waals surface area contributed by atoms with Crippen LogP contribution in [0, 0.1) is 0 Å². The molecule has 3 nitrogen and oxygen atoms in total. The fourth-order valence-corrected chi connectivity index (χ4v) is 0. The topological polar surface area (TPSA) is 71.6 Å². The zero-order chi connectivity index (χ0) is 4.28. The van der Waals surface area contributed by atoms with Crippen molar-refractivity contribution in [3.05, 3.63) is 0 Å². The van der Waals surface area contributed by atoms with E-state index in [1.165, 1.54) is 0 Å². The average molecular weight is 132 g/mol. The molecule has 0 rings (SSSR count). The predicted molar refractivity (Wildman–Crippen MR) is 22.5 cm³/mol. The van der Waals surface area contributed by atoms with Crippen LogP contribution in [-0.4, -0.2) is 17.2 Å². The molecule has 0 aromatic rings. The van der Waals surface area contributed by atoms with Crippen LogP contribution in [0.2, 0.25) is 0 Å². The van der Waals surface area contributed by atoms with E-state index in [0.29, 0.717) is 0 Å². The number of hydrogen-bond acceptors (Lipinski definition) is 3. The van der Waals surface area contributed by atoms with E-state index in [4.69, 9.17) is 0 Å². The number of carbonyl (C=O) groups excluding carboxylic acids is 1. The molecule has 0 fully saturated rings. The summed E-state index contributed by atoms with van der Waals surface area (Å²) in [6.45, 7) is 0. The first kappa shape index (κ1) is 15.7. The monoisotopic (exact) mass is 132 g/mol. The van der Waals surface area contributed by atoms with Gasteiger partial charge < -0.3 is 15.4 Å². The SMILES string of the molecule is O.O=C([O-])CS.[Na+]. The summed E-state index contributed by atoms with van der Waals surface area (Å²) in [6, 6.07) is 0. The third kappa shape index (κ3) is 20.0. The van der Waals surface area contributed by atoms with Gasteiger partial charge in [0.1, 0.15) is 0 Å². The Labute approximate surface area is 69.1 Å². The van der Waals surface area contributed by atoms with Gasteiger partial charge in [-0.15, -0.1) is 0 Å². The fourth-order valence-electron chi connectivity index (χ4n) is 0. The molecule has 2 N–H and O–H groups in total. The smallest absolute Gasteiger partial charge is 0.549 e. The number of carbonyl (C=O) groups is 1. The molecule has 0 spiro atoms. The molecule has 0 saturated carbocycles. The zero-order valence-corrected chi connectivity index (χ0v) is 6.87. The molecule has 0 aromatic carbocycles. The van der Waals surface area contributed by atoms with Crippen LogP contribution in [0.1, 0.15) is 0 Å². The molecule has 0 amide bonds. The number of carboxylic acid groups (broad SMARTS) is 1. The van der Waals surface area contributed by atoms with Crippen LogP contribution >= 0.6 is 12.6 Å². The quantitative estimate of drug-likeness (QED) is 0.286. The van der Waals surface area contributed by atoms with Gasteiger partial charge in [0.2, 0.25) is 0 Å². The Hall–Kier alpha value is 0.780. The van der Waals surface area contributed by atoms with E-state index in [0.717, 1.165) is 0 Å². The Morgan fingerprint density at radius 1 is 1.71 bits per heavy atom. The summed E-state index contributed by atoms with van der Waals surface area (Å²) in [6.07, 6.45) is 0. The molecule has 7 heavy (non-hydrogen) atoms. The molecule has 0 aliphatic rings. The molecule has 0 unspecified atom stereocenters. The number of rotatable bonds is 1. The van der Waals surface area contributed by atoms with Gasteiger partial charge in [-0.05, 0) is 0 Å². The summed E-state index contributed by atoms with van der Waals surface area (Å²) in [7, 11) is 0. The standard InChI is InChI=1S/C2H4O2S.Na.H2O/c3-2(4)1-5;;/h5H,1H2,(H,3,4);;1H2/q;+1;/p-1. The predicted octanol–water partition coefficient (Wildman–Crippen LogP) is -5.15. The Kier molecular flexibility index (Phi) is 22.2. The number of hydrogen-bond donors (Lipinski definition) is 1. The summed E-state index contributed by atoms with van der Waals surface area (Å²) in [5.41, 5.74) is 0. The van der Waals surface area contributed by atoms with Crippen molar-refractivity contribution in [3.8, 4) is 0 Å². The molecule has 5 heteroatoms. The maximum atomic E-state index is 9.18. The molecule has 0 atom stereocenters. The van der Waals surface area contributed by atoms with Gasteiger partial charge in [0.25, 0.3) is 0 Å². The first-order valence-electron chi connectivity index (χ1n) is 1.08. The molecule has 38 valence electrons. The third-order valence-electron chi connectivity index (χ3n) is 0.129. The Morgan fingerprint density at radius 2 is 1.86 bits per heavy atom. The van der Waals surface area contributed by atoms with Gasteiger partial charge >= 0.3 is 29.6 Å². The largest absolute Gasteiger partial charge is 1.00 e. The van der Waals surface area contributed by atoms with Gasteiger partial charge in [-0.2, -0.15) is 12.6 Å². The van der Waals surface area contributed by atoms with Crippen LogP contribution in [0.5, 0.6) is 0 Å². The maximum Gasteiger partial charge on any atom is 1.00 e. The fraction of sp³-hybridized carbons (Fsp3) is 0.500. The molecule has 0 radical (unpaired) electrons. The van der Waals surface area contributed by atoms with Gasteiger partial charge in [-0.3, -0.25) is 0 Å². The molecule has 0 aliphatic heterocycles.